The molecule has 1 saturated carbocycles. The van der Waals surface area contributed by atoms with Gasteiger partial charge in [-0.3, -0.25) is 0 Å². The van der Waals surface area contributed by atoms with Gasteiger partial charge in [0.2, 0.25) is 0 Å². The second-order valence-corrected chi connectivity index (χ2v) is 7.03. The van der Waals surface area contributed by atoms with Crippen LogP contribution in [0.2, 0.25) is 0 Å². The number of carbonyl (C=O) groups is 1. The molecular weight excluding hydrogens is 226 g/mol. The monoisotopic (exact) mass is 253 g/mol. The molecule has 104 valence electrons. The lowest BCUT2D eigenvalue weighted by Crippen LogP contribution is -2.45. The quantitative estimate of drug-likeness (QED) is 0.654. The van der Waals surface area contributed by atoms with Crippen molar-refractivity contribution in [3.8, 4) is 0 Å². The molecule has 0 aromatic carbocycles. The van der Waals surface area contributed by atoms with Gasteiger partial charge in [0.05, 0.1) is 0 Å². The Morgan fingerprint density at radius 3 is 2.06 bits per heavy atom. The Balaban J connectivity index is 1.84. The summed E-state index contributed by atoms with van der Waals surface area (Å²) in [5, 5.41) is 0. The van der Waals surface area contributed by atoms with E-state index in [0.717, 1.165) is 13.1 Å². The average molecular weight is 253 g/mol. The van der Waals surface area contributed by atoms with E-state index in [4.69, 9.17) is 4.74 Å². The molecule has 1 saturated heterocycles. The summed E-state index contributed by atoms with van der Waals surface area (Å²) < 4.78 is 5.44. The van der Waals surface area contributed by atoms with Crippen molar-refractivity contribution >= 4 is 6.09 Å². The normalized spacial score (nSPS) is 24.1. The Morgan fingerprint density at radius 1 is 1.00 bits per heavy atom. The van der Waals surface area contributed by atoms with E-state index in [1.54, 1.807) is 0 Å². The molecule has 1 aliphatic carbocycles. The van der Waals surface area contributed by atoms with Gasteiger partial charge in [-0.25, -0.2) is 4.79 Å². The van der Waals surface area contributed by atoms with Gasteiger partial charge < -0.3 is 9.64 Å². The maximum Gasteiger partial charge on any atom is 0.410 e. The van der Waals surface area contributed by atoms with E-state index in [9.17, 15) is 4.79 Å². The third kappa shape index (κ3) is 3.39. The van der Waals surface area contributed by atoms with E-state index in [1.165, 1.54) is 44.9 Å². The molecule has 0 radical (unpaired) electrons. The van der Waals surface area contributed by atoms with Crippen LogP contribution < -0.4 is 0 Å². The van der Waals surface area contributed by atoms with Gasteiger partial charge in [-0.2, -0.15) is 0 Å². The Morgan fingerprint density at radius 2 is 1.56 bits per heavy atom. The number of carbonyl (C=O) groups excluding carboxylic acids is 1. The summed E-state index contributed by atoms with van der Waals surface area (Å²) in [7, 11) is 0. The zero-order valence-electron chi connectivity index (χ0n) is 12.1. The number of hydrogen-bond acceptors (Lipinski definition) is 2. The molecule has 2 aliphatic rings. The number of ether oxygens (including phenoxy) is 1. The van der Waals surface area contributed by atoms with Gasteiger partial charge in [0.25, 0.3) is 0 Å². The van der Waals surface area contributed by atoms with Crippen molar-refractivity contribution in [1.29, 1.82) is 0 Å². The molecule has 0 bridgehead atoms. The summed E-state index contributed by atoms with van der Waals surface area (Å²) in [6.07, 6.45) is 9.12. The lowest BCUT2D eigenvalue weighted by atomic mass is 9.68. The third-order valence-corrected chi connectivity index (χ3v) is 4.39. The second kappa shape index (κ2) is 5.10. The van der Waals surface area contributed by atoms with Crippen molar-refractivity contribution in [2.45, 2.75) is 71.3 Å². The number of piperidine rings is 1. The van der Waals surface area contributed by atoms with Crippen LogP contribution in [0.5, 0.6) is 0 Å². The standard InChI is InChI=1S/C15H27NO2/c1-14(2,3)18-13(17)16-11-9-15(10-12-16)7-5-4-6-8-15/h4-12H2,1-3H3. The van der Waals surface area contributed by atoms with Gasteiger partial charge in [-0.15, -0.1) is 0 Å². The molecule has 0 aromatic rings. The van der Waals surface area contributed by atoms with Crippen LogP contribution in [0.25, 0.3) is 0 Å². The fourth-order valence-corrected chi connectivity index (χ4v) is 3.29. The van der Waals surface area contributed by atoms with E-state index < -0.39 is 0 Å². The molecule has 18 heavy (non-hydrogen) atoms. The first-order valence-electron chi connectivity index (χ1n) is 7.38. The molecule has 0 unspecified atom stereocenters. The van der Waals surface area contributed by atoms with Crippen LogP contribution in [0.1, 0.15) is 65.7 Å². The van der Waals surface area contributed by atoms with Gasteiger partial charge >= 0.3 is 6.09 Å². The van der Waals surface area contributed by atoms with Crippen molar-refractivity contribution in [2.24, 2.45) is 5.41 Å². The molecule has 0 aromatic heterocycles. The number of likely N-dealkylation sites (tertiary alicyclic amines) is 1. The van der Waals surface area contributed by atoms with Crippen molar-refractivity contribution in [1.82, 2.24) is 4.90 Å². The summed E-state index contributed by atoms with van der Waals surface area (Å²) in [5.41, 5.74) is 0.174. The number of nitrogens with zero attached hydrogens (tertiary/aromatic N) is 1. The fourth-order valence-electron chi connectivity index (χ4n) is 3.29. The van der Waals surface area contributed by atoms with Crippen molar-refractivity contribution in [3.63, 3.8) is 0 Å². The SMILES string of the molecule is CC(C)(C)OC(=O)N1CCC2(CCCCC2)CC1. The third-order valence-electron chi connectivity index (χ3n) is 4.39. The summed E-state index contributed by atoms with van der Waals surface area (Å²) in [6, 6.07) is 0. The molecule has 1 heterocycles. The van der Waals surface area contributed by atoms with E-state index in [0.29, 0.717) is 5.41 Å². The zero-order valence-corrected chi connectivity index (χ0v) is 12.1. The largest absolute Gasteiger partial charge is 0.444 e. The molecule has 2 rings (SSSR count). The summed E-state index contributed by atoms with van der Waals surface area (Å²) in [5.74, 6) is 0. The van der Waals surface area contributed by atoms with Crippen molar-refractivity contribution < 1.29 is 9.53 Å². The van der Waals surface area contributed by atoms with Crippen molar-refractivity contribution in [3.05, 3.63) is 0 Å². The lowest BCUT2D eigenvalue weighted by Gasteiger charge is -2.44. The molecule has 2 fully saturated rings. The first kappa shape index (κ1) is 13.7. The maximum absolute atomic E-state index is 12.0. The molecule has 0 N–H and O–H groups in total. The van der Waals surface area contributed by atoms with Crippen LogP contribution in [0.15, 0.2) is 0 Å². The highest BCUT2D eigenvalue weighted by atomic mass is 16.6. The predicted octanol–water partition coefficient (Wildman–Crippen LogP) is 3.97. The molecule has 1 amide bonds. The topological polar surface area (TPSA) is 29.5 Å². The van der Waals surface area contributed by atoms with Gasteiger partial charge in [-0.05, 0) is 51.9 Å². The van der Waals surface area contributed by atoms with E-state index in [2.05, 4.69) is 0 Å². The van der Waals surface area contributed by atoms with Crippen molar-refractivity contribution in [2.75, 3.05) is 13.1 Å². The highest BCUT2D eigenvalue weighted by molar-refractivity contribution is 5.68. The Labute approximate surface area is 111 Å². The molecule has 1 aliphatic heterocycles. The van der Waals surface area contributed by atoms with Gasteiger partial charge in [-0.1, -0.05) is 19.3 Å². The van der Waals surface area contributed by atoms with Gasteiger partial charge in [0, 0.05) is 13.1 Å². The number of hydrogen-bond donors (Lipinski definition) is 0. The number of rotatable bonds is 0. The molecule has 3 heteroatoms. The maximum atomic E-state index is 12.0. The smallest absolute Gasteiger partial charge is 0.410 e. The van der Waals surface area contributed by atoms with Crippen LogP contribution in [0.3, 0.4) is 0 Å². The molecular formula is C15H27NO2. The van der Waals surface area contributed by atoms with Crippen LogP contribution in [-0.4, -0.2) is 29.7 Å². The predicted molar refractivity (Wildman–Crippen MR) is 72.6 cm³/mol. The Hall–Kier alpha value is -0.730. The molecule has 3 nitrogen and oxygen atoms in total. The Bertz CT molecular complexity index is 290. The second-order valence-electron chi connectivity index (χ2n) is 7.03. The van der Waals surface area contributed by atoms with Crippen LogP contribution in [0, 0.1) is 5.41 Å². The average Bonchev–Trinajstić information content (AvgIpc) is 2.28. The minimum absolute atomic E-state index is 0.131. The van der Waals surface area contributed by atoms with Crippen LogP contribution in [0.4, 0.5) is 4.79 Å². The van der Waals surface area contributed by atoms with E-state index >= 15 is 0 Å². The summed E-state index contributed by atoms with van der Waals surface area (Å²) in [4.78, 5) is 13.9. The minimum Gasteiger partial charge on any atom is -0.444 e. The highest BCUT2D eigenvalue weighted by Crippen LogP contribution is 2.44. The van der Waals surface area contributed by atoms with Crippen LogP contribution in [-0.2, 0) is 4.74 Å². The molecule has 0 atom stereocenters. The van der Waals surface area contributed by atoms with E-state index in [-0.39, 0.29) is 11.7 Å². The van der Waals surface area contributed by atoms with Gasteiger partial charge in [0.15, 0.2) is 0 Å². The van der Waals surface area contributed by atoms with E-state index in [1.807, 2.05) is 25.7 Å². The first-order chi connectivity index (χ1) is 8.40. The highest BCUT2D eigenvalue weighted by Gasteiger charge is 2.37. The number of amides is 1. The zero-order chi connectivity index (χ0) is 13.2. The van der Waals surface area contributed by atoms with Gasteiger partial charge in [0.1, 0.15) is 5.60 Å². The molecule has 1 spiro atoms. The lowest BCUT2D eigenvalue weighted by molar-refractivity contribution is 0.00451. The minimum atomic E-state index is -0.378. The summed E-state index contributed by atoms with van der Waals surface area (Å²) in [6.45, 7) is 7.55. The summed E-state index contributed by atoms with van der Waals surface area (Å²) >= 11 is 0. The van der Waals surface area contributed by atoms with Crippen LogP contribution >= 0.6 is 0 Å². The Kier molecular flexibility index (Phi) is 3.88. The fraction of sp³-hybridized carbons (Fsp3) is 0.933. The first-order valence-corrected chi connectivity index (χ1v) is 7.38.